The Morgan fingerprint density at radius 1 is 1.14 bits per heavy atom. The summed E-state index contributed by atoms with van der Waals surface area (Å²) in [7, 11) is 0. The van der Waals surface area contributed by atoms with Gasteiger partial charge in [-0.25, -0.2) is 0 Å². The number of benzene rings is 1. The van der Waals surface area contributed by atoms with Gasteiger partial charge in [-0.15, -0.1) is 0 Å². The summed E-state index contributed by atoms with van der Waals surface area (Å²) >= 11 is 0. The Morgan fingerprint density at radius 3 is 2.57 bits per heavy atom. The highest BCUT2D eigenvalue weighted by molar-refractivity contribution is 5.94. The van der Waals surface area contributed by atoms with Crippen molar-refractivity contribution in [2.24, 2.45) is 0 Å². The molecule has 3 atom stereocenters. The molecule has 0 spiro atoms. The van der Waals surface area contributed by atoms with Crippen LogP contribution in [0.25, 0.3) is 0 Å². The van der Waals surface area contributed by atoms with Crippen LogP contribution in [0.4, 0.5) is 0 Å². The Morgan fingerprint density at radius 2 is 1.86 bits per heavy atom. The molecule has 1 saturated carbocycles. The summed E-state index contributed by atoms with van der Waals surface area (Å²) in [5.41, 5.74) is 1.14. The lowest BCUT2D eigenvalue weighted by atomic mass is 9.89. The number of amides is 1. The van der Waals surface area contributed by atoms with Crippen molar-refractivity contribution in [2.75, 3.05) is 13.2 Å². The molecule has 1 N–H and O–H groups in total. The normalized spacial score (nSPS) is 28.2. The molecule has 2 fully saturated rings. The molecule has 0 radical (unpaired) electrons. The number of rotatable bonds is 2. The maximum Gasteiger partial charge on any atom is 0.251 e. The number of fused-ring (bicyclic) bond motifs is 1. The Hall–Kier alpha value is -1.90. The van der Waals surface area contributed by atoms with Crippen LogP contribution < -0.4 is 5.32 Å². The van der Waals surface area contributed by atoms with Crippen molar-refractivity contribution in [3.8, 4) is 6.07 Å². The van der Waals surface area contributed by atoms with E-state index in [0.717, 1.165) is 19.3 Å². The fraction of sp³-hybridized carbons (Fsp3) is 0.500. The van der Waals surface area contributed by atoms with Crippen molar-refractivity contribution in [1.82, 2.24) is 5.32 Å². The Kier molecular flexibility index (Phi) is 4.18. The van der Waals surface area contributed by atoms with Crippen molar-refractivity contribution in [2.45, 2.75) is 37.5 Å². The lowest BCUT2D eigenvalue weighted by Gasteiger charge is -2.39. The van der Waals surface area contributed by atoms with E-state index in [2.05, 4.69) is 5.32 Å². The molecule has 21 heavy (non-hydrogen) atoms. The summed E-state index contributed by atoms with van der Waals surface area (Å²) in [5.74, 6) is -0.0975. The van der Waals surface area contributed by atoms with Crippen molar-refractivity contribution in [3.63, 3.8) is 0 Å². The highest BCUT2D eigenvalue weighted by atomic mass is 16.6. The molecule has 3 rings (SSSR count). The van der Waals surface area contributed by atoms with E-state index in [1.807, 2.05) is 6.07 Å². The Bertz CT molecular complexity index is 550. The van der Waals surface area contributed by atoms with Gasteiger partial charge < -0.3 is 14.8 Å². The lowest BCUT2D eigenvalue weighted by Crippen LogP contribution is -2.49. The minimum Gasteiger partial charge on any atom is -0.373 e. The number of nitrogens with zero attached hydrogens (tertiary/aromatic N) is 1. The van der Waals surface area contributed by atoms with Crippen LogP contribution in [-0.2, 0) is 9.47 Å². The van der Waals surface area contributed by atoms with Crippen LogP contribution in [0.1, 0.15) is 35.2 Å². The van der Waals surface area contributed by atoms with E-state index in [4.69, 9.17) is 14.7 Å². The summed E-state index contributed by atoms with van der Waals surface area (Å²) in [6, 6.07) is 8.84. The van der Waals surface area contributed by atoms with E-state index in [1.165, 1.54) is 0 Å². The molecule has 1 aliphatic carbocycles. The van der Waals surface area contributed by atoms with Crippen LogP contribution in [0.3, 0.4) is 0 Å². The molecule has 2 aliphatic rings. The first-order chi connectivity index (χ1) is 10.3. The molecular formula is C16H18N2O3. The summed E-state index contributed by atoms with van der Waals surface area (Å²) < 4.78 is 11.4. The number of carbonyl (C=O) groups is 1. The van der Waals surface area contributed by atoms with Crippen molar-refractivity contribution in [1.29, 1.82) is 5.26 Å². The first kappa shape index (κ1) is 14.1. The SMILES string of the molecule is N#Cc1ccc(C(=O)NC2CCC3OCCOC3C2)cc1. The quantitative estimate of drug-likeness (QED) is 0.897. The van der Waals surface area contributed by atoms with E-state index >= 15 is 0 Å². The van der Waals surface area contributed by atoms with E-state index in [9.17, 15) is 4.79 Å². The molecule has 5 heteroatoms. The fourth-order valence-corrected chi connectivity index (χ4v) is 2.96. The Labute approximate surface area is 123 Å². The van der Waals surface area contributed by atoms with Crippen LogP contribution in [-0.4, -0.2) is 37.4 Å². The van der Waals surface area contributed by atoms with Gasteiger partial charge in [0.2, 0.25) is 0 Å². The van der Waals surface area contributed by atoms with Gasteiger partial charge in [-0.3, -0.25) is 4.79 Å². The average molecular weight is 286 g/mol. The molecule has 3 unspecified atom stereocenters. The van der Waals surface area contributed by atoms with Gasteiger partial charge in [-0.1, -0.05) is 0 Å². The smallest absolute Gasteiger partial charge is 0.251 e. The van der Waals surface area contributed by atoms with Crippen LogP contribution in [0.2, 0.25) is 0 Å². The third kappa shape index (κ3) is 3.23. The van der Waals surface area contributed by atoms with Gasteiger partial charge >= 0.3 is 0 Å². The Balaban J connectivity index is 1.58. The molecule has 110 valence electrons. The molecule has 0 bridgehead atoms. The van der Waals surface area contributed by atoms with Crippen LogP contribution in [0, 0.1) is 11.3 Å². The molecule has 1 aromatic rings. The van der Waals surface area contributed by atoms with E-state index < -0.39 is 0 Å². The van der Waals surface area contributed by atoms with E-state index in [-0.39, 0.29) is 24.2 Å². The zero-order valence-electron chi connectivity index (χ0n) is 11.7. The average Bonchev–Trinajstić information content (AvgIpc) is 2.55. The minimum atomic E-state index is -0.0975. The molecular weight excluding hydrogens is 268 g/mol. The number of hydrogen-bond acceptors (Lipinski definition) is 4. The largest absolute Gasteiger partial charge is 0.373 e. The van der Waals surface area contributed by atoms with Gasteiger partial charge in [0.1, 0.15) is 0 Å². The number of nitriles is 1. The summed E-state index contributed by atoms with van der Waals surface area (Å²) in [4.78, 5) is 12.2. The van der Waals surface area contributed by atoms with Gasteiger partial charge in [0.25, 0.3) is 5.91 Å². The number of nitrogens with one attached hydrogen (secondary N) is 1. The third-order valence-corrected chi connectivity index (χ3v) is 4.09. The minimum absolute atomic E-state index is 0.0961. The van der Waals surface area contributed by atoms with Gasteiger partial charge in [0.05, 0.1) is 37.1 Å². The zero-order valence-corrected chi connectivity index (χ0v) is 11.7. The topological polar surface area (TPSA) is 71.4 Å². The molecule has 5 nitrogen and oxygen atoms in total. The third-order valence-electron chi connectivity index (χ3n) is 4.09. The van der Waals surface area contributed by atoms with Gasteiger partial charge in [-0.05, 0) is 43.5 Å². The lowest BCUT2D eigenvalue weighted by molar-refractivity contribution is -0.157. The second kappa shape index (κ2) is 6.25. The molecule has 1 aromatic carbocycles. The molecule has 1 saturated heterocycles. The van der Waals surface area contributed by atoms with Crippen molar-refractivity contribution in [3.05, 3.63) is 35.4 Å². The van der Waals surface area contributed by atoms with Crippen LogP contribution >= 0.6 is 0 Å². The molecule has 0 aromatic heterocycles. The fourth-order valence-electron chi connectivity index (χ4n) is 2.96. The number of ether oxygens (including phenoxy) is 2. The molecule has 1 heterocycles. The number of hydrogen-bond donors (Lipinski definition) is 1. The summed E-state index contributed by atoms with van der Waals surface area (Å²) in [6.07, 6.45) is 2.91. The zero-order chi connectivity index (χ0) is 14.7. The molecule has 1 amide bonds. The molecule has 1 aliphatic heterocycles. The maximum absolute atomic E-state index is 12.2. The second-order valence-corrected chi connectivity index (χ2v) is 5.49. The predicted octanol–water partition coefficient (Wildman–Crippen LogP) is 1.62. The van der Waals surface area contributed by atoms with Crippen LogP contribution in [0.5, 0.6) is 0 Å². The first-order valence-electron chi connectivity index (χ1n) is 7.30. The summed E-state index contributed by atoms with van der Waals surface area (Å²) in [5, 5.41) is 11.8. The highest BCUT2D eigenvalue weighted by Gasteiger charge is 2.34. The number of carbonyl (C=O) groups excluding carboxylic acids is 1. The van der Waals surface area contributed by atoms with Crippen molar-refractivity contribution >= 4 is 5.91 Å². The standard InChI is InChI=1S/C16H18N2O3/c17-10-11-1-3-12(4-2-11)16(19)18-13-5-6-14-15(9-13)21-8-7-20-14/h1-4,13-15H,5-9H2,(H,18,19). The maximum atomic E-state index is 12.2. The van der Waals surface area contributed by atoms with Gasteiger partial charge in [-0.2, -0.15) is 5.26 Å². The van der Waals surface area contributed by atoms with E-state index in [0.29, 0.717) is 24.3 Å². The van der Waals surface area contributed by atoms with Crippen LogP contribution in [0.15, 0.2) is 24.3 Å². The van der Waals surface area contributed by atoms with Gasteiger partial charge in [0, 0.05) is 11.6 Å². The van der Waals surface area contributed by atoms with Crippen molar-refractivity contribution < 1.29 is 14.3 Å². The highest BCUT2D eigenvalue weighted by Crippen LogP contribution is 2.26. The van der Waals surface area contributed by atoms with E-state index in [1.54, 1.807) is 24.3 Å². The second-order valence-electron chi connectivity index (χ2n) is 5.49. The monoisotopic (exact) mass is 286 g/mol. The summed E-state index contributed by atoms with van der Waals surface area (Å²) in [6.45, 7) is 1.31. The first-order valence-corrected chi connectivity index (χ1v) is 7.30. The van der Waals surface area contributed by atoms with Gasteiger partial charge in [0.15, 0.2) is 0 Å². The predicted molar refractivity (Wildman–Crippen MR) is 75.7 cm³/mol.